The maximum atomic E-state index is 10.7. The Morgan fingerprint density at radius 1 is 0.833 bits per heavy atom. The first-order valence-corrected chi connectivity index (χ1v) is 5.70. The van der Waals surface area contributed by atoms with Crippen LogP contribution in [0.25, 0.3) is 0 Å². The van der Waals surface area contributed by atoms with E-state index in [-0.39, 0.29) is 0 Å². The molecule has 0 aliphatic carbocycles. The molecule has 6 heteroatoms. The maximum Gasteiger partial charge on any atom is 0.330 e. The first kappa shape index (κ1) is 16.3. The summed E-state index contributed by atoms with van der Waals surface area (Å²) in [6.45, 7) is 9.87. The molecule has 0 heterocycles. The molecular formula is C12H20N2O4. The van der Waals surface area contributed by atoms with Crippen molar-refractivity contribution in [3.63, 3.8) is 0 Å². The van der Waals surface area contributed by atoms with Gasteiger partial charge in [-0.15, -0.1) is 0 Å². The van der Waals surface area contributed by atoms with E-state index in [0.29, 0.717) is 26.3 Å². The molecule has 0 fully saturated rings. The van der Waals surface area contributed by atoms with Crippen molar-refractivity contribution >= 4 is 11.9 Å². The van der Waals surface area contributed by atoms with E-state index in [1.165, 1.54) is 0 Å². The van der Waals surface area contributed by atoms with Gasteiger partial charge in [0.05, 0.1) is 0 Å². The number of rotatable bonds is 11. The van der Waals surface area contributed by atoms with E-state index in [1.807, 2.05) is 0 Å². The Hall–Kier alpha value is -1.66. The summed E-state index contributed by atoms with van der Waals surface area (Å²) in [6.07, 6.45) is 2.26. The molecule has 0 saturated carbocycles. The Balaban J connectivity index is 3.12. The van der Waals surface area contributed by atoms with Crippen LogP contribution in [-0.2, 0) is 19.1 Å². The summed E-state index contributed by atoms with van der Waals surface area (Å²) in [5.74, 6) is -0.835. The Morgan fingerprint density at radius 2 is 1.22 bits per heavy atom. The fourth-order valence-corrected chi connectivity index (χ4v) is 0.992. The normalized spacial score (nSPS) is 9.56. The average molecular weight is 256 g/mol. The summed E-state index contributed by atoms with van der Waals surface area (Å²) in [6, 6.07) is 0. The van der Waals surface area contributed by atoms with Gasteiger partial charge in [-0.3, -0.25) is 0 Å². The third kappa shape index (κ3) is 10.8. The lowest BCUT2D eigenvalue weighted by molar-refractivity contribution is -0.138. The first-order valence-electron chi connectivity index (χ1n) is 5.70. The molecule has 0 aromatic heterocycles. The minimum absolute atomic E-state index is 0.321. The van der Waals surface area contributed by atoms with Crippen LogP contribution in [0.1, 0.15) is 0 Å². The topological polar surface area (TPSA) is 76.7 Å². The van der Waals surface area contributed by atoms with Gasteiger partial charge in [-0.1, -0.05) is 13.2 Å². The third-order valence-corrected chi connectivity index (χ3v) is 1.86. The lowest BCUT2D eigenvalue weighted by Crippen LogP contribution is -2.31. The van der Waals surface area contributed by atoms with Crippen LogP contribution in [0.15, 0.2) is 25.3 Å². The third-order valence-electron chi connectivity index (χ3n) is 1.86. The molecule has 0 spiro atoms. The van der Waals surface area contributed by atoms with Crippen molar-refractivity contribution < 1.29 is 19.1 Å². The monoisotopic (exact) mass is 256 g/mol. The molecule has 102 valence electrons. The summed E-state index contributed by atoms with van der Waals surface area (Å²) in [5.41, 5.74) is 0. The number of esters is 2. The van der Waals surface area contributed by atoms with Gasteiger partial charge in [0, 0.05) is 38.3 Å². The Kier molecular flexibility index (Phi) is 10.7. The zero-order valence-corrected chi connectivity index (χ0v) is 10.4. The maximum absolute atomic E-state index is 10.7. The van der Waals surface area contributed by atoms with Crippen molar-refractivity contribution in [2.75, 3.05) is 39.4 Å². The minimum Gasteiger partial charge on any atom is -0.461 e. The van der Waals surface area contributed by atoms with Crippen molar-refractivity contribution in [2.45, 2.75) is 0 Å². The van der Waals surface area contributed by atoms with Gasteiger partial charge < -0.3 is 20.1 Å². The number of nitrogens with one attached hydrogen (secondary N) is 2. The summed E-state index contributed by atoms with van der Waals surface area (Å²) in [4.78, 5) is 21.3. The average Bonchev–Trinajstić information content (AvgIpc) is 2.40. The second-order valence-electron chi connectivity index (χ2n) is 3.24. The van der Waals surface area contributed by atoms with Crippen molar-refractivity contribution in [1.29, 1.82) is 0 Å². The van der Waals surface area contributed by atoms with Crippen LogP contribution in [0.3, 0.4) is 0 Å². The molecule has 0 aliphatic heterocycles. The highest BCUT2D eigenvalue weighted by atomic mass is 16.5. The molecule has 0 amide bonds. The van der Waals surface area contributed by atoms with Crippen molar-refractivity contribution in [3.05, 3.63) is 25.3 Å². The van der Waals surface area contributed by atoms with Gasteiger partial charge in [-0.05, 0) is 0 Å². The van der Waals surface area contributed by atoms with Crippen LogP contribution >= 0.6 is 0 Å². The number of carbonyl (C=O) groups is 2. The molecule has 6 nitrogen and oxygen atoms in total. The molecule has 2 N–H and O–H groups in total. The number of ether oxygens (including phenoxy) is 2. The predicted octanol–water partition coefficient (Wildman–Crippen LogP) is -0.376. The zero-order valence-electron chi connectivity index (χ0n) is 10.4. The first-order chi connectivity index (χ1) is 8.70. The summed E-state index contributed by atoms with van der Waals surface area (Å²) < 4.78 is 9.54. The summed E-state index contributed by atoms with van der Waals surface area (Å²) in [7, 11) is 0. The molecule has 0 aromatic carbocycles. The van der Waals surface area contributed by atoms with E-state index < -0.39 is 11.9 Å². The van der Waals surface area contributed by atoms with Gasteiger partial charge in [0.15, 0.2) is 0 Å². The van der Waals surface area contributed by atoms with Gasteiger partial charge in [0.25, 0.3) is 0 Å². The van der Waals surface area contributed by atoms with Gasteiger partial charge in [0.2, 0.25) is 0 Å². The SMILES string of the molecule is C=CC(=O)OCCNCCNCCOC(=O)C=C. The molecule has 0 aromatic rings. The quantitative estimate of drug-likeness (QED) is 0.298. The van der Waals surface area contributed by atoms with Crippen LogP contribution in [0.2, 0.25) is 0 Å². The predicted molar refractivity (Wildman–Crippen MR) is 68.1 cm³/mol. The second kappa shape index (κ2) is 11.8. The molecule has 18 heavy (non-hydrogen) atoms. The van der Waals surface area contributed by atoms with E-state index in [0.717, 1.165) is 25.2 Å². The minimum atomic E-state index is -0.418. The Bertz CT molecular complexity index is 251. The molecule has 0 radical (unpaired) electrons. The van der Waals surface area contributed by atoms with Gasteiger partial charge in [0.1, 0.15) is 13.2 Å². The fourth-order valence-electron chi connectivity index (χ4n) is 0.992. The standard InChI is InChI=1S/C12H20N2O4/c1-3-11(15)17-9-7-13-5-6-14-8-10-18-12(16)4-2/h3-4,13-14H,1-2,5-10H2. The van der Waals surface area contributed by atoms with E-state index in [2.05, 4.69) is 23.8 Å². The second-order valence-corrected chi connectivity index (χ2v) is 3.24. The molecule has 0 rings (SSSR count). The summed E-state index contributed by atoms with van der Waals surface area (Å²) >= 11 is 0. The van der Waals surface area contributed by atoms with Gasteiger partial charge in [-0.25, -0.2) is 9.59 Å². The van der Waals surface area contributed by atoms with Crippen LogP contribution in [0.4, 0.5) is 0 Å². The number of carbonyl (C=O) groups excluding carboxylic acids is 2. The van der Waals surface area contributed by atoms with Gasteiger partial charge >= 0.3 is 11.9 Å². The lowest BCUT2D eigenvalue weighted by Gasteiger charge is -2.06. The molecule has 0 saturated heterocycles. The molecule has 0 aliphatic rings. The zero-order chi connectivity index (χ0) is 13.6. The smallest absolute Gasteiger partial charge is 0.330 e. The van der Waals surface area contributed by atoms with Crippen molar-refractivity contribution in [1.82, 2.24) is 10.6 Å². The summed E-state index contributed by atoms with van der Waals surface area (Å²) in [5, 5.41) is 6.16. The Labute approximate surface area is 107 Å². The van der Waals surface area contributed by atoms with Crippen molar-refractivity contribution in [2.24, 2.45) is 0 Å². The Morgan fingerprint density at radius 3 is 1.56 bits per heavy atom. The van der Waals surface area contributed by atoms with E-state index in [4.69, 9.17) is 9.47 Å². The largest absolute Gasteiger partial charge is 0.461 e. The van der Waals surface area contributed by atoms with Crippen LogP contribution in [-0.4, -0.2) is 51.3 Å². The van der Waals surface area contributed by atoms with E-state index in [9.17, 15) is 9.59 Å². The molecule has 0 atom stereocenters. The highest BCUT2D eigenvalue weighted by Crippen LogP contribution is 1.78. The van der Waals surface area contributed by atoms with Crippen LogP contribution in [0.5, 0.6) is 0 Å². The highest BCUT2D eigenvalue weighted by Gasteiger charge is 1.95. The number of hydrogen-bond acceptors (Lipinski definition) is 6. The van der Waals surface area contributed by atoms with E-state index >= 15 is 0 Å². The molecular weight excluding hydrogens is 236 g/mol. The van der Waals surface area contributed by atoms with Crippen LogP contribution < -0.4 is 10.6 Å². The molecule has 0 bridgehead atoms. The van der Waals surface area contributed by atoms with E-state index in [1.54, 1.807) is 0 Å². The number of hydrogen-bond donors (Lipinski definition) is 2. The molecule has 0 unspecified atom stereocenters. The lowest BCUT2D eigenvalue weighted by atomic mass is 10.5. The fraction of sp³-hybridized carbons (Fsp3) is 0.500. The highest BCUT2D eigenvalue weighted by molar-refractivity contribution is 5.81. The van der Waals surface area contributed by atoms with Gasteiger partial charge in [-0.2, -0.15) is 0 Å². The van der Waals surface area contributed by atoms with Crippen molar-refractivity contribution in [3.8, 4) is 0 Å². The van der Waals surface area contributed by atoms with Crippen LogP contribution in [0, 0.1) is 0 Å².